The molecule has 0 aliphatic heterocycles. The second-order valence-corrected chi connectivity index (χ2v) is 9.44. The lowest BCUT2D eigenvalue weighted by atomic mass is 9.95. The van der Waals surface area contributed by atoms with E-state index >= 15 is 0 Å². The van der Waals surface area contributed by atoms with Gasteiger partial charge < -0.3 is 0 Å². The molecule has 0 spiro atoms. The Hall–Kier alpha value is -4.86. The predicted molar refractivity (Wildman–Crippen MR) is 162 cm³/mol. The van der Waals surface area contributed by atoms with Gasteiger partial charge in [0.2, 0.25) is 5.28 Å². The summed E-state index contributed by atoms with van der Waals surface area (Å²) in [6, 6.07) is 32.0. The third-order valence-electron chi connectivity index (χ3n) is 6.75. The van der Waals surface area contributed by atoms with Crippen LogP contribution in [0.1, 0.15) is 6.85 Å². The van der Waals surface area contributed by atoms with Crippen LogP contribution in [-0.4, -0.2) is 15.0 Å². The zero-order valence-corrected chi connectivity index (χ0v) is 21.3. The summed E-state index contributed by atoms with van der Waals surface area (Å²) in [4.78, 5) is 13.8. The Labute approximate surface area is 238 Å². The number of aromatic nitrogens is 3. The second-order valence-electron chi connectivity index (χ2n) is 9.10. The van der Waals surface area contributed by atoms with Gasteiger partial charge in [-0.25, -0.2) is 4.98 Å². The van der Waals surface area contributed by atoms with E-state index in [1.807, 2.05) is 66.7 Å². The molecule has 6 aromatic carbocycles. The van der Waals surface area contributed by atoms with Crippen molar-refractivity contribution in [3.05, 3.63) is 139 Å². The molecule has 1 heterocycles. The van der Waals surface area contributed by atoms with Crippen LogP contribution in [0.15, 0.2) is 133 Å². The molecule has 39 heavy (non-hydrogen) atoms. The fourth-order valence-corrected chi connectivity index (χ4v) is 5.06. The molecule has 0 unspecified atom stereocenters. The molecule has 0 N–H and O–H groups in total. The molecule has 0 aliphatic rings. The molecule has 0 saturated carbocycles. The maximum Gasteiger partial charge on any atom is 0.226 e. The Bertz CT molecular complexity index is 2230. The molecule has 184 valence electrons. The van der Waals surface area contributed by atoms with Gasteiger partial charge in [-0.15, -0.1) is 0 Å². The monoisotopic (exact) mass is 524 g/mol. The number of nitrogens with zero attached hydrogens (tertiary/aromatic N) is 3. The number of hydrogen-bond acceptors (Lipinski definition) is 3. The standard InChI is InChI=1S/C35H22ClN3/c36-35-38-33(28-18-17-26-21-25(15-16-27(26)22-28)23-9-3-1-4-10-23)37-34(39-35)32-20-19-29(24-11-5-2-6-12-24)30-13-7-8-14-31(30)32/h1-22H/i1D,3D,4D,9D,10D. The highest BCUT2D eigenvalue weighted by Gasteiger charge is 2.15. The first-order valence-electron chi connectivity index (χ1n) is 14.9. The van der Waals surface area contributed by atoms with Gasteiger partial charge in [-0.1, -0.05) is 115 Å². The highest BCUT2D eigenvalue weighted by molar-refractivity contribution is 6.28. The SMILES string of the molecule is [2H]c1c([2H])c([2H])c(-c2ccc3cc(-c4nc(Cl)nc(-c5ccc(-c6ccccc6)c6ccccc56)n4)ccc3c2)c([2H])c1[2H]. The average molecular weight is 525 g/mol. The summed E-state index contributed by atoms with van der Waals surface area (Å²) in [5, 5.41) is 3.86. The van der Waals surface area contributed by atoms with Crippen molar-refractivity contribution in [2.75, 3.05) is 0 Å². The fourth-order valence-electron chi connectivity index (χ4n) is 4.90. The van der Waals surface area contributed by atoms with Crippen LogP contribution in [-0.2, 0) is 0 Å². The molecule has 0 aliphatic carbocycles. The van der Waals surface area contributed by atoms with Crippen LogP contribution < -0.4 is 0 Å². The summed E-state index contributed by atoms with van der Waals surface area (Å²) in [5.74, 6) is 0.889. The van der Waals surface area contributed by atoms with Gasteiger partial charge in [0, 0.05) is 11.1 Å². The summed E-state index contributed by atoms with van der Waals surface area (Å²) in [6.07, 6.45) is 0. The van der Waals surface area contributed by atoms with Crippen LogP contribution >= 0.6 is 11.6 Å². The molecule has 0 amide bonds. The van der Waals surface area contributed by atoms with E-state index in [-0.39, 0.29) is 35.0 Å². The molecule has 0 fully saturated rings. The minimum Gasteiger partial charge on any atom is -0.208 e. The molecule has 0 atom stereocenters. The van der Waals surface area contributed by atoms with Crippen LogP contribution in [0.3, 0.4) is 0 Å². The molecule has 4 heteroatoms. The minimum absolute atomic E-state index is 0.0813. The van der Waals surface area contributed by atoms with E-state index in [0.717, 1.165) is 43.8 Å². The highest BCUT2D eigenvalue weighted by atomic mass is 35.5. The molecule has 0 saturated heterocycles. The van der Waals surface area contributed by atoms with E-state index in [0.29, 0.717) is 17.2 Å². The third kappa shape index (κ3) is 4.43. The number of benzene rings is 6. The Balaban J connectivity index is 1.31. The quantitative estimate of drug-likeness (QED) is 0.230. The number of halogens is 1. The largest absolute Gasteiger partial charge is 0.226 e. The van der Waals surface area contributed by atoms with Gasteiger partial charge >= 0.3 is 0 Å². The first-order chi connectivity index (χ1) is 21.3. The first kappa shape index (κ1) is 18.4. The third-order valence-corrected chi connectivity index (χ3v) is 6.91. The lowest BCUT2D eigenvalue weighted by Crippen LogP contribution is -1.98. The fraction of sp³-hybridized carbons (Fsp3) is 0. The van der Waals surface area contributed by atoms with Crippen LogP contribution in [0.25, 0.3) is 66.6 Å². The molecule has 0 bridgehead atoms. The lowest BCUT2D eigenvalue weighted by Gasteiger charge is -2.12. The van der Waals surface area contributed by atoms with Crippen molar-refractivity contribution in [2.45, 2.75) is 0 Å². The zero-order valence-electron chi connectivity index (χ0n) is 25.5. The lowest BCUT2D eigenvalue weighted by molar-refractivity contribution is 1.07. The normalized spacial score (nSPS) is 13.0. The Morgan fingerprint density at radius 3 is 1.87 bits per heavy atom. The summed E-state index contributed by atoms with van der Waals surface area (Å²) < 4.78 is 40.6. The van der Waals surface area contributed by atoms with Crippen molar-refractivity contribution in [3.63, 3.8) is 0 Å². The topological polar surface area (TPSA) is 38.7 Å². The molecular weight excluding hydrogens is 498 g/mol. The van der Waals surface area contributed by atoms with Crippen LogP contribution in [0.5, 0.6) is 0 Å². The van der Waals surface area contributed by atoms with E-state index in [2.05, 4.69) is 40.3 Å². The molecule has 0 radical (unpaired) electrons. The summed E-state index contributed by atoms with van der Waals surface area (Å²) >= 11 is 6.46. The van der Waals surface area contributed by atoms with Gasteiger partial charge in [0.1, 0.15) is 0 Å². The molecule has 3 nitrogen and oxygen atoms in total. The number of fused-ring (bicyclic) bond motifs is 2. The summed E-state index contributed by atoms with van der Waals surface area (Å²) in [6.45, 7) is 0. The predicted octanol–water partition coefficient (Wildman–Crippen LogP) is 9.50. The van der Waals surface area contributed by atoms with E-state index in [1.54, 1.807) is 6.07 Å². The molecule has 7 rings (SSSR count). The maximum absolute atomic E-state index is 8.34. The summed E-state index contributed by atoms with van der Waals surface area (Å²) in [7, 11) is 0. The van der Waals surface area contributed by atoms with Gasteiger partial charge in [0.05, 0.1) is 6.85 Å². The maximum atomic E-state index is 8.34. The Morgan fingerprint density at radius 2 is 1.10 bits per heavy atom. The van der Waals surface area contributed by atoms with Gasteiger partial charge in [-0.05, 0) is 73.6 Å². The zero-order chi connectivity index (χ0) is 30.5. The van der Waals surface area contributed by atoms with Crippen molar-refractivity contribution in [1.82, 2.24) is 15.0 Å². The van der Waals surface area contributed by atoms with Crippen molar-refractivity contribution >= 4 is 33.1 Å². The Morgan fingerprint density at radius 1 is 0.487 bits per heavy atom. The summed E-state index contributed by atoms with van der Waals surface area (Å²) in [5.41, 5.74) is 4.52. The smallest absolute Gasteiger partial charge is 0.208 e. The van der Waals surface area contributed by atoms with Crippen molar-refractivity contribution < 1.29 is 6.85 Å². The van der Waals surface area contributed by atoms with Crippen LogP contribution in [0.4, 0.5) is 0 Å². The van der Waals surface area contributed by atoms with E-state index in [4.69, 9.17) is 23.4 Å². The Kier molecular flexibility index (Phi) is 4.62. The van der Waals surface area contributed by atoms with Gasteiger partial charge in [0.15, 0.2) is 11.6 Å². The molecule has 1 aromatic heterocycles. The van der Waals surface area contributed by atoms with E-state index < -0.39 is 6.04 Å². The highest BCUT2D eigenvalue weighted by Crippen LogP contribution is 2.35. The minimum atomic E-state index is -0.412. The molecular formula is C35H22ClN3. The van der Waals surface area contributed by atoms with Crippen LogP contribution in [0.2, 0.25) is 5.28 Å². The molecule has 7 aromatic rings. The first-order valence-corrected chi connectivity index (χ1v) is 12.8. The van der Waals surface area contributed by atoms with Gasteiger partial charge in [-0.2, -0.15) is 9.97 Å². The average Bonchev–Trinajstić information content (AvgIpc) is 3.06. The van der Waals surface area contributed by atoms with E-state index in [1.165, 1.54) is 0 Å². The van der Waals surface area contributed by atoms with Crippen LogP contribution in [0, 0.1) is 0 Å². The number of hydrogen-bond donors (Lipinski definition) is 0. The van der Waals surface area contributed by atoms with Crippen molar-refractivity contribution in [3.8, 4) is 45.0 Å². The van der Waals surface area contributed by atoms with Gasteiger partial charge in [0.25, 0.3) is 0 Å². The second kappa shape index (κ2) is 9.79. The van der Waals surface area contributed by atoms with Crippen molar-refractivity contribution in [2.24, 2.45) is 0 Å². The van der Waals surface area contributed by atoms with Crippen molar-refractivity contribution in [1.29, 1.82) is 0 Å². The van der Waals surface area contributed by atoms with E-state index in [9.17, 15) is 0 Å². The number of rotatable bonds is 4. The van der Waals surface area contributed by atoms with Gasteiger partial charge in [-0.3, -0.25) is 0 Å².